The van der Waals surface area contributed by atoms with Gasteiger partial charge in [0.2, 0.25) is 11.8 Å². The van der Waals surface area contributed by atoms with Crippen LogP contribution >= 0.6 is 0 Å². The minimum Gasteiger partial charge on any atom is -0.352 e. The number of benzene rings is 4. The van der Waals surface area contributed by atoms with Crippen LogP contribution in [0.25, 0.3) is 0 Å². The molecule has 0 spiro atoms. The van der Waals surface area contributed by atoms with E-state index < -0.39 is 28.5 Å². The summed E-state index contributed by atoms with van der Waals surface area (Å²) in [4.78, 5) is 30.2. The fraction of sp³-hybridized carbons (Fsp3) is 0.278. The lowest BCUT2D eigenvalue weighted by atomic mass is 9.94. The first kappa shape index (κ1) is 31.0. The second-order valence-electron chi connectivity index (χ2n) is 11.2. The summed E-state index contributed by atoms with van der Waals surface area (Å²) in [5.74, 6) is -0.681. The number of hydrogen-bond acceptors (Lipinski definition) is 4. The third-order valence-electron chi connectivity index (χ3n) is 8.07. The van der Waals surface area contributed by atoms with E-state index in [9.17, 15) is 18.0 Å². The Morgan fingerprint density at radius 3 is 1.82 bits per heavy atom. The number of nitrogens with one attached hydrogen (secondary N) is 1. The van der Waals surface area contributed by atoms with E-state index in [0.717, 1.165) is 47.5 Å². The van der Waals surface area contributed by atoms with Gasteiger partial charge in [-0.3, -0.25) is 13.9 Å². The summed E-state index contributed by atoms with van der Waals surface area (Å²) in [6, 6.07) is 35.1. The summed E-state index contributed by atoms with van der Waals surface area (Å²) in [7, 11) is -4.10. The van der Waals surface area contributed by atoms with E-state index in [1.54, 1.807) is 53.4 Å². The fourth-order valence-electron chi connectivity index (χ4n) is 5.72. The Bertz CT molecular complexity index is 1590. The fourth-order valence-corrected chi connectivity index (χ4v) is 7.16. The van der Waals surface area contributed by atoms with Gasteiger partial charge in [-0.15, -0.1) is 0 Å². The Morgan fingerprint density at radius 2 is 1.23 bits per heavy atom. The molecule has 1 aliphatic rings. The van der Waals surface area contributed by atoms with Gasteiger partial charge in [-0.1, -0.05) is 116 Å². The molecule has 1 aliphatic carbocycles. The third-order valence-corrected chi connectivity index (χ3v) is 9.86. The predicted octanol–water partition coefficient (Wildman–Crippen LogP) is 5.97. The Kier molecular flexibility index (Phi) is 10.5. The van der Waals surface area contributed by atoms with Crippen molar-refractivity contribution in [1.29, 1.82) is 0 Å². The molecule has 0 bridgehead atoms. The lowest BCUT2D eigenvalue weighted by molar-refractivity contribution is -0.140. The third kappa shape index (κ3) is 7.94. The molecule has 0 saturated heterocycles. The number of amides is 2. The van der Waals surface area contributed by atoms with Crippen LogP contribution in [0.5, 0.6) is 0 Å². The van der Waals surface area contributed by atoms with Gasteiger partial charge in [-0.25, -0.2) is 8.42 Å². The zero-order valence-electron chi connectivity index (χ0n) is 24.8. The highest BCUT2D eigenvalue weighted by atomic mass is 32.2. The number of anilines is 1. The number of carbonyl (C=O) groups excluding carboxylic acids is 2. The van der Waals surface area contributed by atoms with Crippen molar-refractivity contribution in [3.8, 4) is 0 Å². The maximum atomic E-state index is 14.5. The first-order valence-corrected chi connectivity index (χ1v) is 16.7. The molecule has 0 heterocycles. The average Bonchev–Trinajstić information content (AvgIpc) is 3.07. The van der Waals surface area contributed by atoms with Gasteiger partial charge in [0.25, 0.3) is 10.0 Å². The van der Waals surface area contributed by atoms with Gasteiger partial charge in [0.1, 0.15) is 12.6 Å². The van der Waals surface area contributed by atoms with Crippen molar-refractivity contribution in [2.45, 2.75) is 62.0 Å². The zero-order chi connectivity index (χ0) is 30.8. The average molecular weight is 610 g/mol. The molecule has 1 atom stereocenters. The summed E-state index contributed by atoms with van der Waals surface area (Å²) >= 11 is 0. The molecule has 44 heavy (non-hydrogen) atoms. The molecular weight excluding hydrogens is 570 g/mol. The molecule has 1 saturated carbocycles. The maximum Gasteiger partial charge on any atom is 0.264 e. The van der Waals surface area contributed by atoms with Crippen molar-refractivity contribution >= 4 is 27.5 Å². The summed E-state index contributed by atoms with van der Waals surface area (Å²) in [6.45, 7) is -0.306. The van der Waals surface area contributed by atoms with Crippen LogP contribution in [0.15, 0.2) is 126 Å². The largest absolute Gasteiger partial charge is 0.352 e. The molecule has 1 fully saturated rings. The monoisotopic (exact) mass is 609 g/mol. The van der Waals surface area contributed by atoms with Gasteiger partial charge in [0, 0.05) is 19.0 Å². The molecule has 2 amide bonds. The lowest BCUT2D eigenvalue weighted by Gasteiger charge is -2.35. The quantitative estimate of drug-likeness (QED) is 0.214. The van der Waals surface area contributed by atoms with Gasteiger partial charge >= 0.3 is 0 Å². The Balaban J connectivity index is 1.53. The molecule has 1 unspecified atom stereocenters. The van der Waals surface area contributed by atoms with E-state index in [4.69, 9.17) is 0 Å². The van der Waals surface area contributed by atoms with Crippen LogP contribution in [0.3, 0.4) is 0 Å². The Morgan fingerprint density at radius 1 is 0.705 bits per heavy atom. The molecule has 4 aromatic carbocycles. The van der Waals surface area contributed by atoms with E-state index in [1.165, 1.54) is 12.1 Å². The number of hydrogen-bond donors (Lipinski definition) is 1. The first-order valence-electron chi connectivity index (χ1n) is 15.2. The van der Waals surface area contributed by atoms with Crippen molar-refractivity contribution < 1.29 is 18.0 Å². The van der Waals surface area contributed by atoms with E-state index >= 15 is 0 Å². The number of nitrogens with zero attached hydrogens (tertiary/aromatic N) is 2. The maximum absolute atomic E-state index is 14.5. The van der Waals surface area contributed by atoms with Crippen molar-refractivity contribution in [3.63, 3.8) is 0 Å². The van der Waals surface area contributed by atoms with Crippen molar-refractivity contribution in [2.24, 2.45) is 0 Å². The molecule has 0 radical (unpaired) electrons. The number of para-hydroxylation sites is 1. The topological polar surface area (TPSA) is 86.8 Å². The van der Waals surface area contributed by atoms with Gasteiger partial charge in [0.05, 0.1) is 10.6 Å². The van der Waals surface area contributed by atoms with Gasteiger partial charge < -0.3 is 10.2 Å². The molecular formula is C36H39N3O4S. The predicted molar refractivity (Wildman–Crippen MR) is 173 cm³/mol. The van der Waals surface area contributed by atoms with Crippen LogP contribution in [-0.4, -0.2) is 43.8 Å². The molecule has 228 valence electrons. The van der Waals surface area contributed by atoms with Crippen LogP contribution in [-0.2, 0) is 32.6 Å². The Hall–Kier alpha value is -4.43. The van der Waals surface area contributed by atoms with Crippen molar-refractivity contribution in [3.05, 3.63) is 132 Å². The van der Waals surface area contributed by atoms with E-state index in [0.29, 0.717) is 12.1 Å². The standard InChI is InChI=1S/C36H39N3O4S/c40-35(28-39(32-22-12-4-13-23-32)44(42,43)33-24-14-5-15-25-33)38(27-30-18-8-2-9-19-30)34(26-29-16-6-1-7-17-29)36(41)37-31-20-10-3-11-21-31/h1-2,4-9,12-19,22-25,31,34H,3,10-11,20-21,26-28H2,(H,37,41). The molecule has 8 heteroatoms. The smallest absolute Gasteiger partial charge is 0.264 e. The van der Waals surface area contributed by atoms with E-state index in [-0.39, 0.29) is 23.4 Å². The normalized spacial score (nSPS) is 14.4. The van der Waals surface area contributed by atoms with Crippen LogP contribution in [0.2, 0.25) is 0 Å². The second-order valence-corrected chi connectivity index (χ2v) is 13.1. The molecule has 0 aromatic heterocycles. The lowest BCUT2D eigenvalue weighted by Crippen LogP contribution is -2.55. The van der Waals surface area contributed by atoms with Gasteiger partial charge in [0.15, 0.2) is 0 Å². The molecule has 4 aromatic rings. The van der Waals surface area contributed by atoms with Gasteiger partial charge in [-0.05, 0) is 48.2 Å². The first-order chi connectivity index (χ1) is 21.4. The minimum atomic E-state index is -4.10. The highest BCUT2D eigenvalue weighted by Gasteiger charge is 2.35. The highest BCUT2D eigenvalue weighted by Crippen LogP contribution is 2.25. The molecule has 5 rings (SSSR count). The molecule has 1 N–H and O–H groups in total. The van der Waals surface area contributed by atoms with Crippen LogP contribution in [0.1, 0.15) is 43.2 Å². The summed E-state index contributed by atoms with van der Waals surface area (Å²) < 4.78 is 29.1. The summed E-state index contributed by atoms with van der Waals surface area (Å²) in [5, 5.41) is 3.24. The Labute approximate surface area is 260 Å². The van der Waals surface area contributed by atoms with E-state index in [2.05, 4.69) is 5.32 Å². The van der Waals surface area contributed by atoms with Crippen LogP contribution in [0.4, 0.5) is 5.69 Å². The van der Waals surface area contributed by atoms with Crippen LogP contribution < -0.4 is 9.62 Å². The van der Waals surface area contributed by atoms with Gasteiger partial charge in [-0.2, -0.15) is 0 Å². The number of rotatable bonds is 12. The SMILES string of the molecule is O=C(NC1CCCCC1)C(Cc1ccccc1)N(Cc1ccccc1)C(=O)CN(c1ccccc1)S(=O)(=O)c1ccccc1. The van der Waals surface area contributed by atoms with E-state index in [1.807, 2.05) is 60.7 Å². The minimum absolute atomic E-state index is 0.0578. The second kappa shape index (κ2) is 14.8. The molecule has 0 aliphatic heterocycles. The summed E-state index contributed by atoms with van der Waals surface area (Å²) in [5.41, 5.74) is 2.14. The zero-order valence-corrected chi connectivity index (χ0v) is 25.6. The number of carbonyl (C=O) groups is 2. The van der Waals surface area contributed by atoms with Crippen LogP contribution in [0, 0.1) is 0 Å². The van der Waals surface area contributed by atoms with Crippen molar-refractivity contribution in [1.82, 2.24) is 10.2 Å². The number of sulfonamides is 1. The van der Waals surface area contributed by atoms with Crippen molar-refractivity contribution in [2.75, 3.05) is 10.8 Å². The molecule has 7 nitrogen and oxygen atoms in total. The highest BCUT2D eigenvalue weighted by molar-refractivity contribution is 7.92. The summed E-state index contributed by atoms with van der Waals surface area (Å²) in [6.07, 6.45) is 5.40.